The Morgan fingerprint density at radius 1 is 1.50 bits per heavy atom. The van der Waals surface area contributed by atoms with Crippen LogP contribution >= 0.6 is 11.6 Å². The molecule has 0 aromatic rings. The lowest BCUT2D eigenvalue weighted by molar-refractivity contribution is 0.586. The predicted molar refractivity (Wildman–Crippen MR) is 43.7 cm³/mol. The summed E-state index contributed by atoms with van der Waals surface area (Å²) in [6.45, 7) is 3.57. The second kappa shape index (κ2) is 5.48. The summed E-state index contributed by atoms with van der Waals surface area (Å²) in [5.41, 5.74) is 2.50. The van der Waals surface area contributed by atoms with E-state index in [0.29, 0.717) is 12.8 Å². The van der Waals surface area contributed by atoms with Crippen LogP contribution in [0.15, 0.2) is 23.0 Å². The molecular formula is C8H12ClF. The maximum Gasteiger partial charge on any atom is 0.0960 e. The number of allylic oxidation sites excluding steroid dienone is 3. The second-order valence-corrected chi connectivity index (χ2v) is 2.41. The van der Waals surface area contributed by atoms with Gasteiger partial charge in [-0.1, -0.05) is 23.3 Å². The molecule has 0 fully saturated rings. The minimum Gasteiger partial charge on any atom is -0.212 e. The van der Waals surface area contributed by atoms with E-state index in [1.165, 1.54) is 11.6 Å². The quantitative estimate of drug-likeness (QED) is 0.593. The number of rotatable bonds is 3. The molecule has 0 radical (unpaired) electrons. The highest BCUT2D eigenvalue weighted by molar-refractivity contribution is 6.25. The van der Waals surface area contributed by atoms with Gasteiger partial charge in [0.05, 0.1) is 5.83 Å². The van der Waals surface area contributed by atoms with Crippen LogP contribution in [0.5, 0.6) is 0 Å². The molecule has 58 valence electrons. The van der Waals surface area contributed by atoms with E-state index in [-0.39, 0.29) is 5.83 Å². The van der Waals surface area contributed by atoms with Gasteiger partial charge < -0.3 is 0 Å². The fourth-order valence-electron chi connectivity index (χ4n) is 0.515. The van der Waals surface area contributed by atoms with Crippen LogP contribution in [-0.4, -0.2) is 0 Å². The minimum absolute atomic E-state index is 0.0714. The molecular weight excluding hydrogens is 151 g/mol. The van der Waals surface area contributed by atoms with Crippen molar-refractivity contribution in [2.45, 2.75) is 26.7 Å². The molecule has 0 amide bonds. The fourth-order valence-corrected chi connectivity index (χ4v) is 0.625. The molecule has 2 heteroatoms. The monoisotopic (exact) mass is 162 g/mol. The Morgan fingerprint density at radius 3 is 2.50 bits per heavy atom. The Hall–Kier alpha value is -0.300. The molecule has 10 heavy (non-hydrogen) atoms. The van der Waals surface area contributed by atoms with Gasteiger partial charge in [0, 0.05) is 12.0 Å². The van der Waals surface area contributed by atoms with E-state index in [4.69, 9.17) is 11.6 Å². The normalized spacial score (nSPS) is 14.0. The summed E-state index contributed by atoms with van der Waals surface area (Å²) >= 11 is 5.37. The van der Waals surface area contributed by atoms with Crippen molar-refractivity contribution in [3.05, 3.63) is 23.0 Å². The Labute approximate surface area is 66.4 Å². The third kappa shape index (κ3) is 4.57. The van der Waals surface area contributed by atoms with Crippen LogP contribution in [0.4, 0.5) is 4.39 Å². The summed E-state index contributed by atoms with van der Waals surface area (Å²) in [4.78, 5) is 0. The van der Waals surface area contributed by atoms with Gasteiger partial charge in [-0.25, -0.2) is 4.39 Å². The lowest BCUT2D eigenvalue weighted by Crippen LogP contribution is -1.77. The summed E-state index contributed by atoms with van der Waals surface area (Å²) in [7, 11) is 0. The summed E-state index contributed by atoms with van der Waals surface area (Å²) in [5, 5.41) is 0. The largest absolute Gasteiger partial charge is 0.212 e. The third-order valence-corrected chi connectivity index (χ3v) is 1.63. The molecule has 0 aromatic heterocycles. The Morgan fingerprint density at radius 2 is 2.10 bits per heavy atom. The molecule has 0 aliphatic rings. The van der Waals surface area contributed by atoms with Gasteiger partial charge in [0.2, 0.25) is 0 Å². The SMILES string of the molecule is C/C=C(/F)CC/C(C)=C/Cl. The van der Waals surface area contributed by atoms with Crippen molar-refractivity contribution in [2.75, 3.05) is 0 Å². The molecule has 0 atom stereocenters. The molecule has 0 saturated carbocycles. The van der Waals surface area contributed by atoms with E-state index in [1.807, 2.05) is 6.92 Å². The Balaban J connectivity index is 3.56. The molecule has 0 aliphatic heterocycles. The van der Waals surface area contributed by atoms with Crippen molar-refractivity contribution >= 4 is 11.6 Å². The zero-order valence-corrected chi connectivity index (χ0v) is 7.08. The summed E-state index contributed by atoms with van der Waals surface area (Å²) in [6.07, 6.45) is 2.65. The van der Waals surface area contributed by atoms with Gasteiger partial charge >= 0.3 is 0 Å². The zero-order valence-electron chi connectivity index (χ0n) is 6.32. The van der Waals surface area contributed by atoms with Crippen LogP contribution in [-0.2, 0) is 0 Å². The van der Waals surface area contributed by atoms with Gasteiger partial charge in [-0.2, -0.15) is 0 Å². The highest BCUT2D eigenvalue weighted by atomic mass is 35.5. The summed E-state index contributed by atoms with van der Waals surface area (Å²) < 4.78 is 12.4. The smallest absolute Gasteiger partial charge is 0.0960 e. The number of hydrogen-bond donors (Lipinski definition) is 0. The van der Waals surface area contributed by atoms with Crippen LogP contribution < -0.4 is 0 Å². The molecule has 0 aromatic carbocycles. The predicted octanol–water partition coefficient (Wildman–Crippen LogP) is 3.78. The van der Waals surface area contributed by atoms with Gasteiger partial charge in [0.1, 0.15) is 0 Å². The second-order valence-electron chi connectivity index (χ2n) is 2.19. The van der Waals surface area contributed by atoms with Gasteiger partial charge in [-0.05, 0) is 20.3 Å². The van der Waals surface area contributed by atoms with Gasteiger partial charge in [0.25, 0.3) is 0 Å². The fraction of sp³-hybridized carbons (Fsp3) is 0.500. The molecule has 0 bridgehead atoms. The molecule has 0 rings (SSSR count). The van der Waals surface area contributed by atoms with Crippen LogP contribution in [0, 0.1) is 0 Å². The van der Waals surface area contributed by atoms with Crippen LogP contribution in [0.1, 0.15) is 26.7 Å². The van der Waals surface area contributed by atoms with Crippen molar-refractivity contribution in [3.8, 4) is 0 Å². The van der Waals surface area contributed by atoms with Gasteiger partial charge in [-0.3, -0.25) is 0 Å². The maximum absolute atomic E-state index is 12.4. The molecule has 0 N–H and O–H groups in total. The van der Waals surface area contributed by atoms with E-state index in [0.717, 1.165) is 5.57 Å². The first-order valence-corrected chi connectivity index (χ1v) is 3.71. The first-order valence-electron chi connectivity index (χ1n) is 3.27. The number of hydrogen-bond acceptors (Lipinski definition) is 0. The Bertz CT molecular complexity index is 129. The third-order valence-electron chi connectivity index (χ3n) is 1.26. The van der Waals surface area contributed by atoms with Gasteiger partial charge in [0.15, 0.2) is 0 Å². The molecule has 0 unspecified atom stereocenters. The van der Waals surface area contributed by atoms with E-state index < -0.39 is 0 Å². The highest BCUT2D eigenvalue weighted by Crippen LogP contribution is 2.12. The Kier molecular flexibility index (Phi) is 5.32. The van der Waals surface area contributed by atoms with Crippen LogP contribution in [0.25, 0.3) is 0 Å². The molecule has 0 heterocycles. The lowest BCUT2D eigenvalue weighted by Gasteiger charge is -1.95. The van der Waals surface area contributed by atoms with Crippen LogP contribution in [0.2, 0.25) is 0 Å². The van der Waals surface area contributed by atoms with Crippen molar-refractivity contribution in [1.29, 1.82) is 0 Å². The zero-order chi connectivity index (χ0) is 7.98. The minimum atomic E-state index is -0.0714. The van der Waals surface area contributed by atoms with E-state index in [9.17, 15) is 4.39 Å². The van der Waals surface area contributed by atoms with E-state index in [1.54, 1.807) is 6.92 Å². The van der Waals surface area contributed by atoms with E-state index >= 15 is 0 Å². The molecule has 0 aliphatic carbocycles. The van der Waals surface area contributed by atoms with Crippen LogP contribution in [0.3, 0.4) is 0 Å². The van der Waals surface area contributed by atoms with Crippen molar-refractivity contribution < 1.29 is 4.39 Å². The van der Waals surface area contributed by atoms with E-state index in [2.05, 4.69) is 0 Å². The van der Waals surface area contributed by atoms with Gasteiger partial charge in [-0.15, -0.1) is 0 Å². The lowest BCUT2D eigenvalue weighted by atomic mass is 10.2. The molecule has 0 nitrogen and oxygen atoms in total. The highest BCUT2D eigenvalue weighted by Gasteiger charge is 1.93. The summed E-state index contributed by atoms with van der Waals surface area (Å²) in [6, 6.07) is 0. The molecule has 0 spiro atoms. The molecule has 0 saturated heterocycles. The topological polar surface area (TPSA) is 0 Å². The van der Waals surface area contributed by atoms with Crippen molar-refractivity contribution in [1.82, 2.24) is 0 Å². The van der Waals surface area contributed by atoms with Crippen molar-refractivity contribution in [2.24, 2.45) is 0 Å². The average molecular weight is 163 g/mol. The maximum atomic E-state index is 12.4. The first-order chi connectivity index (χ1) is 4.70. The summed E-state index contributed by atoms with van der Waals surface area (Å²) in [5.74, 6) is -0.0714. The number of halogens is 2. The average Bonchev–Trinajstić information content (AvgIpc) is 1.99. The first kappa shape index (κ1) is 9.70. The van der Waals surface area contributed by atoms with Crippen molar-refractivity contribution in [3.63, 3.8) is 0 Å². The standard InChI is InChI=1S/C8H12ClF/c1-3-8(10)5-4-7(2)6-9/h3,6H,4-5H2,1-2H3/b7-6+,8-3+.